The van der Waals surface area contributed by atoms with E-state index in [1.165, 1.54) is 69.1 Å². The molecule has 0 atom stereocenters. The molecule has 5 heteroatoms. The van der Waals surface area contributed by atoms with E-state index in [9.17, 15) is 0 Å². The Labute approximate surface area is 159 Å². The quantitative estimate of drug-likeness (QED) is 0.183. The van der Waals surface area contributed by atoms with Crippen LogP contribution < -0.4 is 0 Å². The molecule has 0 saturated heterocycles. The van der Waals surface area contributed by atoms with Gasteiger partial charge in [-0.2, -0.15) is 0 Å². The summed E-state index contributed by atoms with van der Waals surface area (Å²) in [4.78, 5) is 0. The molecule has 0 aliphatic rings. The van der Waals surface area contributed by atoms with E-state index in [0.29, 0.717) is 0 Å². The van der Waals surface area contributed by atoms with E-state index < -0.39 is 36.9 Å². The molecule has 0 fully saturated rings. The first-order chi connectivity index (χ1) is 11.0. The first-order valence-electron chi connectivity index (χ1n) is 10.0. The van der Waals surface area contributed by atoms with Crippen LogP contribution in [-0.2, 0) is 4.49 Å². The van der Waals surface area contributed by atoms with E-state index in [2.05, 4.69) is 34.6 Å². The Hall–Kier alpha value is 1.81. The summed E-state index contributed by atoms with van der Waals surface area (Å²) in [6, 6.07) is 0. The molecule has 0 aromatic heterocycles. The van der Waals surface area contributed by atoms with Crippen LogP contribution in [-0.4, -0.2) is 43.5 Å². The third-order valence-electron chi connectivity index (χ3n) is 4.41. The van der Waals surface area contributed by atoms with Gasteiger partial charge in [0.15, 0.2) is 0 Å². The average molecular weight is 562 g/mol. The van der Waals surface area contributed by atoms with Gasteiger partial charge in [-0.25, -0.2) is 0 Å². The molecule has 0 saturated carbocycles. The molecule has 140 valence electrons. The van der Waals surface area contributed by atoms with Crippen molar-refractivity contribution in [3.8, 4) is 0 Å². The summed E-state index contributed by atoms with van der Waals surface area (Å²) in [5.41, 5.74) is 0. The molecule has 0 aromatic rings. The number of hydrogen-bond donors (Lipinski definition) is 0. The zero-order valence-corrected chi connectivity index (χ0v) is 22.9. The normalized spacial score (nSPS) is 12.8. The summed E-state index contributed by atoms with van der Waals surface area (Å²) in [6.07, 6.45) is 9.88. The van der Waals surface area contributed by atoms with Crippen molar-refractivity contribution < 1.29 is 4.49 Å². The molecule has 0 aromatic carbocycles. The van der Waals surface area contributed by atoms with Crippen molar-refractivity contribution in [3.63, 3.8) is 0 Å². The van der Waals surface area contributed by atoms with Gasteiger partial charge in [-0.15, -0.1) is 0 Å². The van der Waals surface area contributed by atoms with E-state index in [1.807, 2.05) is 0 Å². The van der Waals surface area contributed by atoms with Crippen LogP contribution in [0.4, 0.5) is 0 Å². The number of unbranched alkanes of at least 4 members (excludes halogenated alkanes) is 4. The number of rotatable bonds is 16. The minimum absolute atomic E-state index is 0.809. The van der Waals surface area contributed by atoms with Crippen molar-refractivity contribution >= 4 is 45.8 Å². The van der Waals surface area contributed by atoms with Crippen LogP contribution in [0, 0.1) is 0 Å². The molecule has 0 aliphatic heterocycles. The molecule has 0 aliphatic carbocycles. The maximum atomic E-state index is 7.23. The molecule has 0 N–H and O–H groups in total. The Morgan fingerprint density at radius 3 is 1.39 bits per heavy atom. The number of hydrogen-bond acceptors (Lipinski definition) is 2. The zero-order chi connectivity index (χ0) is 17.6. The van der Waals surface area contributed by atoms with Gasteiger partial charge in [-0.05, 0) is 0 Å². The Morgan fingerprint density at radius 1 is 0.652 bits per heavy atom. The van der Waals surface area contributed by atoms with Gasteiger partial charge in [0.2, 0.25) is 0 Å². The van der Waals surface area contributed by atoms with Crippen molar-refractivity contribution in [1.29, 1.82) is 0 Å². The monoisotopic (exact) mass is 564 g/mol. The summed E-state index contributed by atoms with van der Waals surface area (Å²) in [5.74, 6) is 0. The summed E-state index contributed by atoms with van der Waals surface area (Å²) in [5, 5.41) is 0. The van der Waals surface area contributed by atoms with Gasteiger partial charge in [-0.3, -0.25) is 0 Å². The molecule has 0 unspecified atom stereocenters. The van der Waals surface area contributed by atoms with E-state index in [1.54, 1.807) is 0 Å². The second-order valence-corrected chi connectivity index (χ2v) is 32.6. The van der Waals surface area contributed by atoms with Crippen molar-refractivity contribution in [1.82, 2.24) is 0 Å². The Balaban J connectivity index is 5.17. The van der Waals surface area contributed by atoms with Crippen molar-refractivity contribution in [2.75, 3.05) is 6.61 Å². The molecule has 0 heterocycles. The summed E-state index contributed by atoms with van der Waals surface area (Å²) >= 11 is -5.95. The van der Waals surface area contributed by atoms with Crippen LogP contribution in [0.2, 0.25) is 17.7 Å². The van der Waals surface area contributed by atoms with Crippen LogP contribution in [0.1, 0.15) is 86.0 Å². The molecular weight excluding hydrogens is 521 g/mol. The zero-order valence-electron chi connectivity index (χ0n) is 16.4. The second kappa shape index (κ2) is 14.9. The first-order valence-corrected chi connectivity index (χ1v) is 25.2. The van der Waals surface area contributed by atoms with Gasteiger partial charge in [-0.1, -0.05) is 0 Å². The minimum atomic E-state index is -2.99. The van der Waals surface area contributed by atoms with Crippen molar-refractivity contribution in [3.05, 3.63) is 0 Å². The molecule has 2 nitrogen and oxygen atoms in total. The maximum absolute atomic E-state index is 7.23. The Kier molecular flexibility index (Phi) is 16.1. The van der Waals surface area contributed by atoms with Crippen molar-refractivity contribution in [2.45, 2.75) is 104 Å². The molecule has 0 amide bonds. The van der Waals surface area contributed by atoms with Gasteiger partial charge in [0, 0.05) is 0 Å². The van der Waals surface area contributed by atoms with Crippen LogP contribution in [0.15, 0.2) is 0 Å². The topological polar surface area (TPSA) is 18.5 Å². The first kappa shape index (κ1) is 24.8. The van der Waals surface area contributed by atoms with Crippen molar-refractivity contribution in [2.24, 2.45) is 0 Å². The van der Waals surface area contributed by atoms with Crippen LogP contribution in [0.25, 0.3) is 0 Å². The van der Waals surface area contributed by atoms with Crippen LogP contribution >= 0.6 is 8.92 Å². The van der Waals surface area contributed by atoms with E-state index in [0.717, 1.165) is 6.61 Å². The summed E-state index contributed by atoms with van der Waals surface area (Å²) in [7, 11) is 7.23. The van der Waals surface area contributed by atoms with E-state index in [4.69, 9.17) is 13.4 Å². The fourth-order valence-corrected chi connectivity index (χ4v) is 49.9. The van der Waals surface area contributed by atoms with Crippen LogP contribution in [0.5, 0.6) is 0 Å². The molecule has 0 bridgehead atoms. The molecule has 0 rings (SSSR count). The molecule has 0 spiro atoms. The third kappa shape index (κ3) is 11.2. The average Bonchev–Trinajstić information content (AvgIpc) is 2.55. The van der Waals surface area contributed by atoms with E-state index in [-0.39, 0.29) is 0 Å². The molecule has 0 radical (unpaired) electrons. The summed E-state index contributed by atoms with van der Waals surface area (Å²) < 4.78 is 18.3. The molecular formula is C18H41ClO2Sn2. The fraction of sp³-hybridized carbons (Fsp3) is 1.00. The SMILES string of the molecule is CCC[CH2][Sn]([Cl])([CH2]CCC)[O][Sn]([CH2]CCC)([CH2]CCC)[O]CC. The summed E-state index contributed by atoms with van der Waals surface area (Å²) in [6.45, 7) is 12.0. The third-order valence-corrected chi connectivity index (χ3v) is 41.6. The Bertz CT molecular complexity index is 262. The Morgan fingerprint density at radius 2 is 1.04 bits per heavy atom. The second-order valence-electron chi connectivity index (χ2n) is 6.74. The van der Waals surface area contributed by atoms with Crippen LogP contribution in [0.3, 0.4) is 0 Å². The van der Waals surface area contributed by atoms with Gasteiger partial charge < -0.3 is 0 Å². The molecule has 23 heavy (non-hydrogen) atoms. The predicted octanol–water partition coefficient (Wildman–Crippen LogP) is 7.36. The van der Waals surface area contributed by atoms with E-state index >= 15 is 0 Å². The standard InChI is InChI=1S/4C4H9.C2H5O.ClH.O.2Sn/c4*1-3-4-2;1-2-3;;;;/h4*1,3-4H2,2H3;2H2,1H3;1H;;;/q;;;;-1;;;2*+1/p-1. The number of halogens is 1. The predicted molar refractivity (Wildman–Crippen MR) is 109 cm³/mol. The van der Waals surface area contributed by atoms with Gasteiger partial charge in [0.25, 0.3) is 0 Å². The van der Waals surface area contributed by atoms with Gasteiger partial charge >= 0.3 is 161 Å². The van der Waals surface area contributed by atoms with Gasteiger partial charge in [0.05, 0.1) is 0 Å². The fourth-order valence-electron chi connectivity index (χ4n) is 3.00. The van der Waals surface area contributed by atoms with Gasteiger partial charge in [0.1, 0.15) is 0 Å².